The summed E-state index contributed by atoms with van der Waals surface area (Å²) in [6, 6.07) is 6.74. The molecular weight excluding hydrogens is 514 g/mol. The van der Waals surface area contributed by atoms with E-state index in [1.54, 1.807) is 39.8 Å². The monoisotopic (exact) mass is 541 g/mol. The number of amides is 1. The Bertz CT molecular complexity index is 1030. The summed E-state index contributed by atoms with van der Waals surface area (Å²) in [7, 11) is 0. The van der Waals surface area contributed by atoms with Gasteiger partial charge < -0.3 is 14.8 Å². The fourth-order valence-electron chi connectivity index (χ4n) is 3.17. The van der Waals surface area contributed by atoms with Crippen LogP contribution in [0.15, 0.2) is 39.9 Å². The highest BCUT2D eigenvalue weighted by Gasteiger charge is 2.25. The highest BCUT2D eigenvalue weighted by atomic mass is 79.9. The largest absolute Gasteiger partial charge is 0.465 e. The number of alkyl carbamates (subject to hydrolysis) is 1. The van der Waals surface area contributed by atoms with Crippen LogP contribution in [0.3, 0.4) is 0 Å². The third-order valence-electron chi connectivity index (χ3n) is 4.63. The highest BCUT2D eigenvalue weighted by Crippen LogP contribution is 2.30. The molecule has 0 aliphatic heterocycles. The van der Waals surface area contributed by atoms with Gasteiger partial charge in [0.1, 0.15) is 16.6 Å². The van der Waals surface area contributed by atoms with Crippen molar-refractivity contribution in [1.82, 2.24) is 14.9 Å². The van der Waals surface area contributed by atoms with Gasteiger partial charge in [-0.3, -0.25) is 14.2 Å². The number of hydrogen-bond acceptors (Lipinski definition) is 6. The number of ether oxygens (including phenoxy) is 2. The Morgan fingerprint density at radius 2 is 1.88 bits per heavy atom. The van der Waals surface area contributed by atoms with E-state index in [0.29, 0.717) is 17.1 Å². The first-order valence-electron chi connectivity index (χ1n) is 10.6. The van der Waals surface area contributed by atoms with E-state index in [9.17, 15) is 14.4 Å². The average molecular weight is 543 g/mol. The number of rotatable bonds is 8. The molecule has 33 heavy (non-hydrogen) atoms. The molecule has 0 saturated heterocycles. The number of carbonyl (C=O) groups is 2. The Balaban J connectivity index is 2.27. The number of esters is 1. The highest BCUT2D eigenvalue weighted by molar-refractivity contribution is 9.10. The lowest BCUT2D eigenvalue weighted by molar-refractivity contribution is -0.143. The van der Waals surface area contributed by atoms with Crippen LogP contribution < -0.4 is 10.9 Å². The second-order valence-electron chi connectivity index (χ2n) is 8.57. The molecular formula is C23H29BrClN3O5. The summed E-state index contributed by atoms with van der Waals surface area (Å²) in [5.74, 6) is -0.738. The van der Waals surface area contributed by atoms with Crippen LogP contribution in [-0.4, -0.2) is 33.8 Å². The molecule has 0 aliphatic rings. The van der Waals surface area contributed by atoms with Gasteiger partial charge in [-0.25, -0.2) is 9.78 Å². The minimum absolute atomic E-state index is 0.222. The van der Waals surface area contributed by atoms with Crippen molar-refractivity contribution in [2.45, 2.75) is 65.1 Å². The lowest BCUT2D eigenvalue weighted by Crippen LogP contribution is -2.35. The quantitative estimate of drug-likeness (QED) is 0.472. The van der Waals surface area contributed by atoms with Crippen molar-refractivity contribution in [1.29, 1.82) is 0 Å². The molecule has 1 N–H and O–H groups in total. The van der Waals surface area contributed by atoms with Crippen LogP contribution in [0, 0.1) is 0 Å². The second kappa shape index (κ2) is 11.7. The number of nitrogens with zero attached hydrogens (tertiary/aromatic N) is 2. The van der Waals surface area contributed by atoms with Crippen molar-refractivity contribution in [3.05, 3.63) is 61.7 Å². The van der Waals surface area contributed by atoms with Crippen molar-refractivity contribution < 1.29 is 19.1 Å². The second-order valence-corrected chi connectivity index (χ2v) is 9.80. The minimum Gasteiger partial charge on any atom is -0.465 e. The zero-order chi connectivity index (χ0) is 24.8. The third-order valence-corrected chi connectivity index (χ3v) is 5.63. The standard InChI is InChI=1S/C23H29BrClN3O5/c1-6-32-18(29)12-28-13-26-20(19(24)21(28)30)14(2)11-17(15-7-9-16(25)10-8-15)27-22(31)33-23(3,4)5/h7-10,13-14,17H,6,11-12H2,1-5H3,(H,27,31)/t14-,17-/m0/s1. The molecule has 0 bridgehead atoms. The van der Waals surface area contributed by atoms with Gasteiger partial charge in [0.05, 0.1) is 24.7 Å². The molecule has 1 heterocycles. The molecule has 10 heteroatoms. The molecule has 0 fully saturated rings. The van der Waals surface area contributed by atoms with E-state index in [4.69, 9.17) is 21.1 Å². The van der Waals surface area contributed by atoms with E-state index < -0.39 is 23.7 Å². The average Bonchev–Trinajstić information content (AvgIpc) is 2.70. The SMILES string of the molecule is CCOC(=O)Cn1cnc([C@@H](C)C[C@H](NC(=O)OC(C)(C)C)c2ccc(Cl)cc2)c(Br)c1=O. The molecule has 0 unspecified atom stereocenters. The van der Waals surface area contributed by atoms with E-state index >= 15 is 0 Å². The Kier molecular flexibility index (Phi) is 9.48. The molecule has 1 amide bonds. The predicted molar refractivity (Wildman–Crippen MR) is 129 cm³/mol. The Morgan fingerprint density at radius 3 is 2.45 bits per heavy atom. The summed E-state index contributed by atoms with van der Waals surface area (Å²) in [6.07, 6.45) is 1.22. The number of carbonyl (C=O) groups excluding carboxylic acids is 2. The van der Waals surface area contributed by atoms with E-state index in [1.165, 1.54) is 10.9 Å². The minimum atomic E-state index is -0.645. The maximum Gasteiger partial charge on any atom is 0.408 e. The first-order chi connectivity index (χ1) is 15.4. The summed E-state index contributed by atoms with van der Waals surface area (Å²) < 4.78 is 11.8. The topological polar surface area (TPSA) is 99.5 Å². The summed E-state index contributed by atoms with van der Waals surface area (Å²) >= 11 is 9.35. The molecule has 0 spiro atoms. The molecule has 2 rings (SSSR count). The van der Waals surface area contributed by atoms with E-state index in [2.05, 4.69) is 26.2 Å². The van der Waals surface area contributed by atoms with Crippen molar-refractivity contribution >= 4 is 39.6 Å². The van der Waals surface area contributed by atoms with Crippen molar-refractivity contribution in [2.75, 3.05) is 6.61 Å². The molecule has 8 nitrogen and oxygen atoms in total. The van der Waals surface area contributed by atoms with Crippen LogP contribution >= 0.6 is 27.5 Å². The molecule has 1 aromatic heterocycles. The number of aromatic nitrogens is 2. The molecule has 0 aliphatic carbocycles. The smallest absolute Gasteiger partial charge is 0.408 e. The lowest BCUT2D eigenvalue weighted by Gasteiger charge is -2.26. The van der Waals surface area contributed by atoms with E-state index in [-0.39, 0.29) is 29.1 Å². The van der Waals surface area contributed by atoms with Gasteiger partial charge in [0.15, 0.2) is 0 Å². The fourth-order valence-corrected chi connectivity index (χ4v) is 4.01. The van der Waals surface area contributed by atoms with Crippen LogP contribution in [0.1, 0.15) is 64.3 Å². The normalized spacial score (nSPS) is 13.2. The number of nitrogens with one attached hydrogen (secondary N) is 1. The predicted octanol–water partition coefficient (Wildman–Crippen LogP) is 4.98. The van der Waals surface area contributed by atoms with Gasteiger partial charge in [-0.15, -0.1) is 0 Å². The van der Waals surface area contributed by atoms with Gasteiger partial charge in [0.25, 0.3) is 5.56 Å². The van der Waals surface area contributed by atoms with Gasteiger partial charge in [-0.2, -0.15) is 0 Å². The summed E-state index contributed by atoms with van der Waals surface area (Å²) in [4.78, 5) is 41.3. The summed E-state index contributed by atoms with van der Waals surface area (Å²) in [5, 5.41) is 3.48. The van der Waals surface area contributed by atoms with Crippen LogP contribution in [0.5, 0.6) is 0 Å². The fraction of sp³-hybridized carbons (Fsp3) is 0.478. The van der Waals surface area contributed by atoms with Crippen LogP contribution in [-0.2, 0) is 20.8 Å². The van der Waals surface area contributed by atoms with Gasteiger partial charge in [0, 0.05) is 10.9 Å². The summed E-state index contributed by atoms with van der Waals surface area (Å²) in [6.45, 7) is 8.98. The Hall–Kier alpha value is -2.39. The van der Waals surface area contributed by atoms with Crippen molar-refractivity contribution in [3.63, 3.8) is 0 Å². The molecule has 0 saturated carbocycles. The maximum atomic E-state index is 12.7. The van der Waals surface area contributed by atoms with Crippen molar-refractivity contribution in [3.8, 4) is 0 Å². The van der Waals surface area contributed by atoms with Crippen molar-refractivity contribution in [2.24, 2.45) is 0 Å². The molecule has 1 aromatic carbocycles. The lowest BCUT2D eigenvalue weighted by atomic mass is 9.93. The molecule has 0 radical (unpaired) electrons. The molecule has 2 atom stereocenters. The van der Waals surface area contributed by atoms with E-state index in [0.717, 1.165) is 5.56 Å². The Morgan fingerprint density at radius 1 is 1.24 bits per heavy atom. The third kappa shape index (κ3) is 8.16. The zero-order valence-corrected chi connectivity index (χ0v) is 21.7. The van der Waals surface area contributed by atoms with Crippen LogP contribution in [0.25, 0.3) is 0 Å². The Labute approximate surface area is 206 Å². The van der Waals surface area contributed by atoms with Gasteiger partial charge in [0.2, 0.25) is 0 Å². The molecule has 2 aromatic rings. The number of benzene rings is 1. The number of hydrogen-bond donors (Lipinski definition) is 1. The molecule has 180 valence electrons. The maximum absolute atomic E-state index is 12.7. The van der Waals surface area contributed by atoms with E-state index in [1.807, 2.05) is 19.1 Å². The summed E-state index contributed by atoms with van der Waals surface area (Å²) in [5.41, 5.74) is 0.325. The van der Waals surface area contributed by atoms with Gasteiger partial charge in [-0.05, 0) is 67.7 Å². The number of halogens is 2. The zero-order valence-electron chi connectivity index (χ0n) is 19.4. The van der Waals surface area contributed by atoms with Gasteiger partial charge >= 0.3 is 12.1 Å². The van der Waals surface area contributed by atoms with Crippen LogP contribution in [0.2, 0.25) is 5.02 Å². The van der Waals surface area contributed by atoms with Crippen LogP contribution in [0.4, 0.5) is 4.79 Å². The first-order valence-corrected chi connectivity index (χ1v) is 11.7. The first kappa shape index (κ1) is 26.9. The van der Waals surface area contributed by atoms with Gasteiger partial charge in [-0.1, -0.05) is 30.7 Å².